The maximum atomic E-state index is 11.3. The molecule has 6 heteroatoms. The fourth-order valence-electron chi connectivity index (χ4n) is 1.19. The van der Waals surface area contributed by atoms with Crippen molar-refractivity contribution in [1.82, 2.24) is 4.72 Å². The van der Waals surface area contributed by atoms with Gasteiger partial charge >= 0.3 is 5.97 Å². The highest BCUT2D eigenvalue weighted by Crippen LogP contribution is 2.11. The Labute approximate surface area is 90.6 Å². The van der Waals surface area contributed by atoms with Gasteiger partial charge in [-0.15, -0.1) is 0 Å². The maximum Gasteiger partial charge on any atom is 0.333 e. The first-order valence-corrected chi connectivity index (χ1v) is 6.21. The molecule has 0 heterocycles. The molecule has 0 spiro atoms. The second kappa shape index (κ2) is 5.87. The quantitative estimate of drug-likeness (QED) is 0.554. The third kappa shape index (κ3) is 4.44. The fraction of sp³-hybridized carbons (Fsp3) is 0.667. The van der Waals surface area contributed by atoms with Gasteiger partial charge in [-0.25, -0.2) is 17.9 Å². The van der Waals surface area contributed by atoms with Crippen LogP contribution >= 0.6 is 0 Å². The highest BCUT2D eigenvalue weighted by Gasteiger charge is 2.15. The van der Waals surface area contributed by atoms with E-state index >= 15 is 0 Å². The second-order valence-electron chi connectivity index (χ2n) is 3.07. The van der Waals surface area contributed by atoms with Crippen molar-refractivity contribution in [2.24, 2.45) is 0 Å². The van der Waals surface area contributed by atoms with E-state index in [2.05, 4.69) is 9.46 Å². The highest BCUT2D eigenvalue weighted by molar-refractivity contribution is 7.89. The third-order valence-corrected chi connectivity index (χ3v) is 3.45. The Bertz CT molecular complexity index is 356. The van der Waals surface area contributed by atoms with Gasteiger partial charge in [-0.05, 0) is 26.0 Å². The van der Waals surface area contributed by atoms with Crippen LogP contribution in [0.2, 0.25) is 0 Å². The predicted molar refractivity (Wildman–Crippen MR) is 57.9 cm³/mol. The maximum absolute atomic E-state index is 11.3. The average molecular weight is 235 g/mol. The summed E-state index contributed by atoms with van der Waals surface area (Å²) >= 11 is 0. The van der Waals surface area contributed by atoms with Crippen LogP contribution < -0.4 is 4.72 Å². The third-order valence-electron chi connectivity index (χ3n) is 2.02. The van der Waals surface area contributed by atoms with Gasteiger partial charge in [0.25, 0.3) is 0 Å². The van der Waals surface area contributed by atoms with Crippen LogP contribution in [-0.2, 0) is 19.6 Å². The molecule has 0 aliphatic carbocycles. The van der Waals surface area contributed by atoms with Crippen molar-refractivity contribution in [2.45, 2.75) is 20.3 Å². The SMILES string of the molecule is CC/C(C(=O)OC)=C(/C)CS(=O)(=O)NC. The van der Waals surface area contributed by atoms with Crippen LogP contribution in [0.4, 0.5) is 0 Å². The molecule has 1 N–H and O–H groups in total. The van der Waals surface area contributed by atoms with Gasteiger partial charge < -0.3 is 4.74 Å². The lowest BCUT2D eigenvalue weighted by atomic mass is 10.1. The molecule has 0 aliphatic rings. The summed E-state index contributed by atoms with van der Waals surface area (Å²) in [7, 11) is -0.716. The van der Waals surface area contributed by atoms with E-state index in [1.54, 1.807) is 13.8 Å². The molecule has 0 saturated carbocycles. The number of sulfonamides is 1. The number of hydrogen-bond acceptors (Lipinski definition) is 4. The Morgan fingerprint density at radius 2 is 1.93 bits per heavy atom. The number of methoxy groups -OCH3 is 1. The van der Waals surface area contributed by atoms with Crippen molar-refractivity contribution in [2.75, 3.05) is 19.9 Å². The van der Waals surface area contributed by atoms with E-state index in [1.807, 2.05) is 0 Å². The van der Waals surface area contributed by atoms with Crippen molar-refractivity contribution < 1.29 is 17.9 Å². The summed E-state index contributed by atoms with van der Waals surface area (Å²) < 4.78 is 29.2. The number of ether oxygens (including phenoxy) is 1. The molecule has 0 atom stereocenters. The van der Waals surface area contributed by atoms with E-state index in [4.69, 9.17) is 0 Å². The van der Waals surface area contributed by atoms with Crippen molar-refractivity contribution >= 4 is 16.0 Å². The van der Waals surface area contributed by atoms with Gasteiger partial charge in [0.1, 0.15) is 0 Å². The Hall–Kier alpha value is -0.880. The van der Waals surface area contributed by atoms with Gasteiger partial charge in [0, 0.05) is 5.57 Å². The van der Waals surface area contributed by atoms with Gasteiger partial charge in [-0.3, -0.25) is 0 Å². The lowest BCUT2D eigenvalue weighted by Crippen LogP contribution is -2.23. The lowest BCUT2D eigenvalue weighted by molar-refractivity contribution is -0.136. The fourth-order valence-corrected chi connectivity index (χ4v) is 2.08. The minimum atomic E-state index is -3.33. The smallest absolute Gasteiger partial charge is 0.333 e. The van der Waals surface area contributed by atoms with Crippen LogP contribution in [0, 0.1) is 0 Å². The zero-order valence-electron chi connectivity index (χ0n) is 9.46. The van der Waals surface area contributed by atoms with Crippen molar-refractivity contribution in [3.8, 4) is 0 Å². The zero-order chi connectivity index (χ0) is 12.1. The molecule has 88 valence electrons. The van der Waals surface area contributed by atoms with Crippen LogP contribution in [0.5, 0.6) is 0 Å². The molecule has 0 saturated heterocycles. The molecular weight excluding hydrogens is 218 g/mol. The zero-order valence-corrected chi connectivity index (χ0v) is 10.3. The first-order valence-electron chi connectivity index (χ1n) is 4.56. The van der Waals surface area contributed by atoms with E-state index in [9.17, 15) is 13.2 Å². The van der Waals surface area contributed by atoms with E-state index in [1.165, 1.54) is 14.2 Å². The lowest BCUT2D eigenvalue weighted by Gasteiger charge is -2.08. The van der Waals surface area contributed by atoms with Gasteiger partial charge in [0.05, 0.1) is 12.9 Å². The normalized spacial score (nSPS) is 13.3. The number of carbonyl (C=O) groups is 1. The van der Waals surface area contributed by atoms with Crippen LogP contribution in [0.3, 0.4) is 0 Å². The van der Waals surface area contributed by atoms with E-state index in [0.29, 0.717) is 17.6 Å². The summed E-state index contributed by atoms with van der Waals surface area (Å²) in [4.78, 5) is 11.3. The molecule has 0 amide bonds. The summed E-state index contributed by atoms with van der Waals surface area (Å²) in [6, 6.07) is 0. The Balaban J connectivity index is 4.98. The predicted octanol–water partition coefficient (Wildman–Crippen LogP) is 0.435. The number of nitrogens with one attached hydrogen (secondary N) is 1. The molecular formula is C9H17NO4S. The Kier molecular flexibility index (Phi) is 5.53. The van der Waals surface area contributed by atoms with Gasteiger partial charge in [-0.2, -0.15) is 0 Å². The molecule has 0 aromatic rings. The minimum Gasteiger partial charge on any atom is -0.466 e. The monoisotopic (exact) mass is 235 g/mol. The van der Waals surface area contributed by atoms with Crippen molar-refractivity contribution in [1.29, 1.82) is 0 Å². The molecule has 0 aromatic carbocycles. The second-order valence-corrected chi connectivity index (χ2v) is 4.99. The number of esters is 1. The summed E-state index contributed by atoms with van der Waals surface area (Å²) in [5, 5.41) is 0. The molecule has 0 bridgehead atoms. The molecule has 5 nitrogen and oxygen atoms in total. The van der Waals surface area contributed by atoms with Gasteiger partial charge in [0.15, 0.2) is 0 Å². The van der Waals surface area contributed by atoms with Crippen LogP contribution in [-0.4, -0.2) is 34.3 Å². The number of carbonyl (C=O) groups excluding carboxylic acids is 1. The average Bonchev–Trinajstić information content (AvgIpc) is 2.17. The van der Waals surface area contributed by atoms with Crippen molar-refractivity contribution in [3.63, 3.8) is 0 Å². The largest absolute Gasteiger partial charge is 0.466 e. The van der Waals surface area contributed by atoms with E-state index < -0.39 is 16.0 Å². The van der Waals surface area contributed by atoms with E-state index in [0.717, 1.165) is 0 Å². The molecule has 0 rings (SSSR count). The number of hydrogen-bond donors (Lipinski definition) is 1. The molecule has 0 aromatic heterocycles. The number of rotatable bonds is 5. The van der Waals surface area contributed by atoms with Crippen LogP contribution in [0.25, 0.3) is 0 Å². The summed E-state index contributed by atoms with van der Waals surface area (Å²) in [6.07, 6.45) is 0.456. The van der Waals surface area contributed by atoms with Crippen LogP contribution in [0.1, 0.15) is 20.3 Å². The summed E-state index contributed by atoms with van der Waals surface area (Å²) in [6.45, 7) is 3.40. The topological polar surface area (TPSA) is 72.5 Å². The van der Waals surface area contributed by atoms with Crippen LogP contribution in [0.15, 0.2) is 11.1 Å². The molecule has 0 radical (unpaired) electrons. The first kappa shape index (κ1) is 14.1. The molecule has 0 unspecified atom stereocenters. The van der Waals surface area contributed by atoms with Crippen molar-refractivity contribution in [3.05, 3.63) is 11.1 Å². The first-order chi connectivity index (χ1) is 6.87. The van der Waals surface area contributed by atoms with Gasteiger partial charge in [-0.1, -0.05) is 6.92 Å². The minimum absolute atomic E-state index is 0.179. The Morgan fingerprint density at radius 3 is 2.27 bits per heavy atom. The summed E-state index contributed by atoms with van der Waals surface area (Å²) in [5.74, 6) is -0.650. The van der Waals surface area contributed by atoms with E-state index in [-0.39, 0.29) is 5.75 Å². The summed E-state index contributed by atoms with van der Waals surface area (Å²) in [5.41, 5.74) is 0.926. The highest BCUT2D eigenvalue weighted by atomic mass is 32.2. The molecule has 0 fully saturated rings. The molecule has 0 aliphatic heterocycles. The molecule has 15 heavy (non-hydrogen) atoms. The standard InChI is InChI=1S/C9H17NO4S/c1-5-8(9(11)14-4)7(2)6-15(12,13)10-3/h10H,5-6H2,1-4H3/b8-7+. The Morgan fingerprint density at radius 1 is 1.40 bits per heavy atom. The van der Waals surface area contributed by atoms with Gasteiger partial charge in [0.2, 0.25) is 10.0 Å².